The zero-order valence-electron chi connectivity index (χ0n) is 23.2. The minimum atomic E-state index is -0.305. The standard InChI is InChI=1S/C33H46N2O2/c1-5-6-10-25(4)23-34-32(22-26-15-19-30(36)20-16-26)33(37)35-29(21-24(2)3)18-17-28-13-9-12-27-11-7-8-14-31(27)28/h7-9,11-16,19-20,24-25,29,32,34,36H,5-6,10,17-18,21-23H2,1-4H3,(H,35,37)/t25-,29+,32-/m0/s1. The van der Waals surface area contributed by atoms with Gasteiger partial charge in [-0.15, -0.1) is 0 Å². The van der Waals surface area contributed by atoms with E-state index in [2.05, 4.69) is 80.8 Å². The second kappa shape index (κ2) is 14.8. The summed E-state index contributed by atoms with van der Waals surface area (Å²) in [7, 11) is 0. The van der Waals surface area contributed by atoms with Gasteiger partial charge in [0.1, 0.15) is 5.75 Å². The van der Waals surface area contributed by atoms with Crippen molar-refractivity contribution in [3.63, 3.8) is 0 Å². The lowest BCUT2D eigenvalue weighted by atomic mass is 9.94. The number of unbranched alkanes of at least 4 members (excludes halogenated alkanes) is 1. The van der Waals surface area contributed by atoms with Gasteiger partial charge in [0, 0.05) is 6.04 Å². The van der Waals surface area contributed by atoms with Crippen LogP contribution in [0.1, 0.15) is 70.9 Å². The molecule has 1 amide bonds. The van der Waals surface area contributed by atoms with Crippen molar-refractivity contribution in [1.29, 1.82) is 0 Å². The quantitative estimate of drug-likeness (QED) is 0.209. The maximum absolute atomic E-state index is 13.6. The van der Waals surface area contributed by atoms with E-state index >= 15 is 0 Å². The highest BCUT2D eigenvalue weighted by Crippen LogP contribution is 2.21. The van der Waals surface area contributed by atoms with Gasteiger partial charge in [-0.3, -0.25) is 4.79 Å². The summed E-state index contributed by atoms with van der Waals surface area (Å²) >= 11 is 0. The third kappa shape index (κ3) is 9.51. The van der Waals surface area contributed by atoms with E-state index in [1.165, 1.54) is 29.2 Å². The maximum atomic E-state index is 13.6. The van der Waals surface area contributed by atoms with Crippen molar-refractivity contribution in [3.05, 3.63) is 77.9 Å². The van der Waals surface area contributed by atoms with E-state index in [-0.39, 0.29) is 23.7 Å². The average Bonchev–Trinajstić information content (AvgIpc) is 2.89. The molecule has 0 saturated carbocycles. The van der Waals surface area contributed by atoms with Gasteiger partial charge in [0.25, 0.3) is 0 Å². The third-order valence-corrected chi connectivity index (χ3v) is 7.20. The molecule has 37 heavy (non-hydrogen) atoms. The molecule has 0 bridgehead atoms. The van der Waals surface area contributed by atoms with Crippen LogP contribution in [0.4, 0.5) is 0 Å². The van der Waals surface area contributed by atoms with Gasteiger partial charge in [-0.1, -0.05) is 95.1 Å². The van der Waals surface area contributed by atoms with Crippen molar-refractivity contribution in [3.8, 4) is 5.75 Å². The third-order valence-electron chi connectivity index (χ3n) is 7.20. The average molecular weight is 503 g/mol. The van der Waals surface area contributed by atoms with Crippen molar-refractivity contribution < 1.29 is 9.90 Å². The van der Waals surface area contributed by atoms with Crippen LogP contribution in [0.2, 0.25) is 0 Å². The lowest BCUT2D eigenvalue weighted by Gasteiger charge is -2.26. The summed E-state index contributed by atoms with van der Waals surface area (Å²) in [5, 5.41) is 19.2. The fourth-order valence-electron chi connectivity index (χ4n) is 5.08. The number of amides is 1. The first kappa shape index (κ1) is 28.7. The Morgan fingerprint density at radius 1 is 0.919 bits per heavy atom. The van der Waals surface area contributed by atoms with E-state index in [0.29, 0.717) is 18.3 Å². The molecule has 4 heteroatoms. The molecular weight excluding hydrogens is 456 g/mol. The molecule has 0 aliphatic rings. The monoisotopic (exact) mass is 502 g/mol. The molecule has 0 heterocycles. The molecule has 0 saturated heterocycles. The van der Waals surface area contributed by atoms with Gasteiger partial charge in [0.05, 0.1) is 6.04 Å². The number of phenolic OH excluding ortho intramolecular Hbond substituents is 1. The minimum Gasteiger partial charge on any atom is -0.508 e. The van der Waals surface area contributed by atoms with Crippen LogP contribution in [0, 0.1) is 11.8 Å². The van der Waals surface area contributed by atoms with Crippen LogP contribution in [0.3, 0.4) is 0 Å². The molecule has 0 spiro atoms. The normalized spacial score (nSPS) is 14.0. The fraction of sp³-hybridized carbons (Fsp3) is 0.485. The number of benzene rings is 3. The number of rotatable bonds is 15. The highest BCUT2D eigenvalue weighted by atomic mass is 16.3. The summed E-state index contributed by atoms with van der Waals surface area (Å²) in [5.74, 6) is 1.33. The molecule has 0 unspecified atom stereocenters. The first-order valence-electron chi connectivity index (χ1n) is 14.1. The van der Waals surface area contributed by atoms with E-state index in [1.807, 2.05) is 12.1 Å². The Labute approximate surface area is 223 Å². The zero-order valence-corrected chi connectivity index (χ0v) is 23.2. The Morgan fingerprint density at radius 2 is 1.65 bits per heavy atom. The number of aryl methyl sites for hydroxylation is 1. The number of hydrogen-bond acceptors (Lipinski definition) is 3. The maximum Gasteiger partial charge on any atom is 0.237 e. The van der Waals surface area contributed by atoms with Crippen LogP contribution in [0.25, 0.3) is 10.8 Å². The van der Waals surface area contributed by atoms with E-state index in [1.54, 1.807) is 12.1 Å². The smallest absolute Gasteiger partial charge is 0.237 e. The molecule has 3 aromatic rings. The van der Waals surface area contributed by atoms with Gasteiger partial charge in [0.15, 0.2) is 0 Å². The summed E-state index contributed by atoms with van der Waals surface area (Å²) in [6.45, 7) is 9.73. The predicted molar refractivity (Wildman–Crippen MR) is 156 cm³/mol. The largest absolute Gasteiger partial charge is 0.508 e. The lowest BCUT2D eigenvalue weighted by molar-refractivity contribution is -0.124. The Morgan fingerprint density at radius 3 is 2.38 bits per heavy atom. The summed E-state index contributed by atoms with van der Waals surface area (Å²) in [6.07, 6.45) is 6.97. The van der Waals surface area contributed by atoms with Crippen molar-refractivity contribution in [2.45, 2.75) is 84.7 Å². The molecule has 200 valence electrons. The molecule has 4 nitrogen and oxygen atoms in total. The number of nitrogens with one attached hydrogen (secondary N) is 2. The molecule has 0 radical (unpaired) electrons. The number of phenols is 1. The number of fused-ring (bicyclic) bond motifs is 1. The van der Waals surface area contributed by atoms with Crippen LogP contribution in [-0.4, -0.2) is 29.6 Å². The highest BCUT2D eigenvalue weighted by Gasteiger charge is 2.23. The summed E-state index contributed by atoms with van der Waals surface area (Å²) in [4.78, 5) is 13.6. The predicted octanol–water partition coefficient (Wildman–Crippen LogP) is 7.04. The SMILES string of the molecule is CCCC[C@H](C)CN[C@@H](Cc1ccc(O)cc1)C(=O)N[C@H](CCc1cccc2ccccc12)CC(C)C. The molecular formula is C33H46N2O2. The van der Waals surface area contributed by atoms with Crippen LogP contribution in [0.5, 0.6) is 5.75 Å². The van der Waals surface area contributed by atoms with Crippen LogP contribution >= 0.6 is 0 Å². The molecule has 3 rings (SSSR count). The first-order chi connectivity index (χ1) is 17.9. The molecule has 0 aliphatic carbocycles. The van der Waals surface area contributed by atoms with Gasteiger partial charge in [-0.2, -0.15) is 0 Å². The summed E-state index contributed by atoms with van der Waals surface area (Å²) < 4.78 is 0. The number of carbonyl (C=O) groups is 1. The summed E-state index contributed by atoms with van der Waals surface area (Å²) in [5.41, 5.74) is 2.38. The second-order valence-electron chi connectivity index (χ2n) is 11.1. The first-order valence-corrected chi connectivity index (χ1v) is 14.1. The van der Waals surface area contributed by atoms with Gasteiger partial charge in [-0.25, -0.2) is 0 Å². The van der Waals surface area contributed by atoms with Crippen molar-refractivity contribution in [2.24, 2.45) is 11.8 Å². The number of hydrogen-bond donors (Lipinski definition) is 3. The molecule has 0 aromatic heterocycles. The zero-order chi connectivity index (χ0) is 26.6. The minimum absolute atomic E-state index is 0.0688. The Hall–Kier alpha value is -2.85. The Kier molecular flexibility index (Phi) is 11.5. The number of carbonyl (C=O) groups excluding carboxylic acids is 1. The van der Waals surface area contributed by atoms with E-state index in [9.17, 15) is 9.90 Å². The highest BCUT2D eigenvalue weighted by molar-refractivity contribution is 5.85. The number of aromatic hydroxyl groups is 1. The second-order valence-corrected chi connectivity index (χ2v) is 11.1. The van der Waals surface area contributed by atoms with Gasteiger partial charge in [0.2, 0.25) is 5.91 Å². The van der Waals surface area contributed by atoms with E-state index < -0.39 is 0 Å². The van der Waals surface area contributed by atoms with Gasteiger partial charge >= 0.3 is 0 Å². The topological polar surface area (TPSA) is 61.4 Å². The molecule has 0 fully saturated rings. The molecule has 0 aliphatic heterocycles. The lowest BCUT2D eigenvalue weighted by Crippen LogP contribution is -2.50. The van der Waals surface area contributed by atoms with Crippen molar-refractivity contribution in [1.82, 2.24) is 10.6 Å². The van der Waals surface area contributed by atoms with Crippen LogP contribution in [-0.2, 0) is 17.6 Å². The van der Waals surface area contributed by atoms with E-state index in [0.717, 1.165) is 37.8 Å². The molecule has 3 aromatic carbocycles. The molecule has 3 atom stereocenters. The Bertz CT molecular complexity index is 1090. The van der Waals surface area contributed by atoms with Crippen molar-refractivity contribution in [2.75, 3.05) is 6.54 Å². The Balaban J connectivity index is 1.70. The van der Waals surface area contributed by atoms with Crippen LogP contribution in [0.15, 0.2) is 66.7 Å². The van der Waals surface area contributed by atoms with E-state index in [4.69, 9.17) is 0 Å². The van der Waals surface area contributed by atoms with Crippen molar-refractivity contribution >= 4 is 16.7 Å². The van der Waals surface area contributed by atoms with Gasteiger partial charge in [-0.05, 0) is 84.5 Å². The fourth-order valence-corrected chi connectivity index (χ4v) is 5.08. The summed E-state index contributed by atoms with van der Waals surface area (Å²) in [6, 6.07) is 22.0. The molecule has 3 N–H and O–H groups in total. The van der Waals surface area contributed by atoms with Crippen LogP contribution < -0.4 is 10.6 Å². The van der Waals surface area contributed by atoms with Gasteiger partial charge < -0.3 is 15.7 Å².